The van der Waals surface area contributed by atoms with Gasteiger partial charge in [-0.1, -0.05) is 12.1 Å². The van der Waals surface area contributed by atoms with Crippen molar-refractivity contribution in [2.45, 2.75) is 50.3 Å². The van der Waals surface area contributed by atoms with Crippen LogP contribution in [0.3, 0.4) is 0 Å². The summed E-state index contributed by atoms with van der Waals surface area (Å²) in [7, 11) is 4.13. The van der Waals surface area contributed by atoms with Crippen molar-refractivity contribution in [3.05, 3.63) is 35.6 Å². The highest BCUT2D eigenvalue weighted by Crippen LogP contribution is 2.22. The lowest BCUT2D eigenvalue weighted by atomic mass is 9.90. The van der Waals surface area contributed by atoms with Gasteiger partial charge in [-0.05, 0) is 64.4 Å². The van der Waals surface area contributed by atoms with E-state index in [0.717, 1.165) is 25.7 Å². The maximum atomic E-state index is 13.0. The van der Waals surface area contributed by atoms with E-state index < -0.39 is 5.60 Å². The average molecular weight is 337 g/mol. The summed E-state index contributed by atoms with van der Waals surface area (Å²) in [5.41, 5.74) is -0.682. The third-order valence-electron chi connectivity index (χ3n) is 4.77. The van der Waals surface area contributed by atoms with Crippen molar-refractivity contribution in [3.63, 3.8) is 0 Å². The molecule has 0 bridgehead atoms. The third-order valence-corrected chi connectivity index (χ3v) is 4.77. The van der Waals surface area contributed by atoms with Gasteiger partial charge in [0, 0.05) is 12.1 Å². The number of benzene rings is 1. The molecule has 3 N–H and O–H groups in total. The molecule has 0 aromatic heterocycles. The Bertz CT molecular complexity index is 546. The first-order valence-electron chi connectivity index (χ1n) is 8.47. The van der Waals surface area contributed by atoms with Gasteiger partial charge < -0.3 is 20.6 Å². The Morgan fingerprint density at radius 2 is 2.00 bits per heavy atom. The number of nitrogens with one attached hydrogen (secondary N) is 2. The first kappa shape index (κ1) is 18.7. The summed E-state index contributed by atoms with van der Waals surface area (Å²) in [5, 5.41) is 16.2. The molecule has 24 heavy (non-hydrogen) atoms. The molecule has 5 nitrogen and oxygen atoms in total. The molecule has 0 aliphatic heterocycles. The average Bonchev–Trinajstić information content (AvgIpc) is 2.54. The second-order valence-electron chi connectivity index (χ2n) is 7.09. The largest absolute Gasteiger partial charge is 0.384 e. The van der Waals surface area contributed by atoms with Gasteiger partial charge >= 0.3 is 6.03 Å². The van der Waals surface area contributed by atoms with Crippen LogP contribution in [0.5, 0.6) is 0 Å². The molecule has 134 valence electrons. The van der Waals surface area contributed by atoms with Crippen LogP contribution >= 0.6 is 0 Å². The molecule has 1 aromatic rings. The van der Waals surface area contributed by atoms with Gasteiger partial charge in [0.25, 0.3) is 0 Å². The van der Waals surface area contributed by atoms with Crippen molar-refractivity contribution in [2.24, 2.45) is 0 Å². The molecule has 3 unspecified atom stereocenters. The number of hydrogen-bond donors (Lipinski definition) is 3. The van der Waals surface area contributed by atoms with Gasteiger partial charge in [0.15, 0.2) is 0 Å². The van der Waals surface area contributed by atoms with Crippen LogP contribution < -0.4 is 10.6 Å². The summed E-state index contributed by atoms with van der Waals surface area (Å²) < 4.78 is 13.0. The molecule has 0 saturated heterocycles. The SMILES string of the molecule is CN(C)C1CCCC(NC(=O)NCC(C)(O)c2ccc(F)cc2)C1. The standard InChI is InChI=1S/C18H28FN3O2/c1-18(24,13-7-9-14(19)10-8-13)12-20-17(23)21-15-5-4-6-16(11-15)22(2)3/h7-10,15-16,24H,4-6,11-12H2,1-3H3,(H2,20,21,23). The maximum absolute atomic E-state index is 13.0. The molecule has 1 fully saturated rings. The number of amides is 2. The zero-order valence-electron chi connectivity index (χ0n) is 14.7. The molecule has 0 heterocycles. The number of halogens is 1. The van der Waals surface area contributed by atoms with Crippen molar-refractivity contribution < 1.29 is 14.3 Å². The molecule has 2 amide bonds. The number of carbonyl (C=O) groups excluding carboxylic acids is 1. The molecule has 0 spiro atoms. The lowest BCUT2D eigenvalue weighted by Crippen LogP contribution is -2.49. The molecule has 1 aromatic carbocycles. The van der Waals surface area contributed by atoms with Crippen LogP contribution in [-0.4, -0.2) is 48.8 Å². The van der Waals surface area contributed by atoms with E-state index in [1.54, 1.807) is 6.92 Å². The quantitative estimate of drug-likeness (QED) is 0.772. The molecule has 0 radical (unpaired) electrons. The van der Waals surface area contributed by atoms with E-state index in [9.17, 15) is 14.3 Å². The van der Waals surface area contributed by atoms with Gasteiger partial charge in [-0.3, -0.25) is 0 Å². The Morgan fingerprint density at radius 1 is 1.33 bits per heavy atom. The molecule has 3 atom stereocenters. The van der Waals surface area contributed by atoms with E-state index in [4.69, 9.17) is 0 Å². The van der Waals surface area contributed by atoms with Gasteiger partial charge in [0.05, 0.1) is 6.54 Å². The lowest BCUT2D eigenvalue weighted by Gasteiger charge is -2.34. The summed E-state index contributed by atoms with van der Waals surface area (Å²) in [6.07, 6.45) is 4.17. The van der Waals surface area contributed by atoms with Gasteiger partial charge in [0.1, 0.15) is 11.4 Å². The van der Waals surface area contributed by atoms with E-state index in [-0.39, 0.29) is 24.4 Å². The van der Waals surface area contributed by atoms with Gasteiger partial charge in [-0.2, -0.15) is 0 Å². The van der Waals surface area contributed by atoms with E-state index in [1.807, 2.05) is 0 Å². The summed E-state index contributed by atoms with van der Waals surface area (Å²) in [6, 6.07) is 6.02. The predicted molar refractivity (Wildman–Crippen MR) is 92.2 cm³/mol. The fourth-order valence-electron chi connectivity index (χ4n) is 3.16. The number of aliphatic hydroxyl groups is 1. The normalized spacial score (nSPS) is 23.6. The second kappa shape index (κ2) is 7.94. The minimum Gasteiger partial charge on any atom is -0.384 e. The molecule has 1 aliphatic carbocycles. The number of rotatable bonds is 5. The van der Waals surface area contributed by atoms with Gasteiger partial charge in [-0.25, -0.2) is 9.18 Å². The Morgan fingerprint density at radius 3 is 2.62 bits per heavy atom. The maximum Gasteiger partial charge on any atom is 0.315 e. The van der Waals surface area contributed by atoms with Crippen molar-refractivity contribution in [2.75, 3.05) is 20.6 Å². The number of urea groups is 1. The molecule has 1 saturated carbocycles. The number of hydrogen-bond acceptors (Lipinski definition) is 3. The first-order chi connectivity index (χ1) is 11.3. The predicted octanol–water partition coefficient (Wildman–Crippen LogP) is 2.21. The number of carbonyl (C=O) groups is 1. The molecule has 6 heteroatoms. The topological polar surface area (TPSA) is 64.6 Å². The van der Waals surface area contributed by atoms with Crippen molar-refractivity contribution in [3.8, 4) is 0 Å². The summed E-state index contributed by atoms with van der Waals surface area (Å²) in [5.74, 6) is -0.354. The smallest absolute Gasteiger partial charge is 0.315 e. The number of nitrogens with zero attached hydrogens (tertiary/aromatic N) is 1. The Labute approximate surface area is 143 Å². The summed E-state index contributed by atoms with van der Waals surface area (Å²) >= 11 is 0. The Kier molecular flexibility index (Phi) is 6.18. The van der Waals surface area contributed by atoms with Crippen LogP contribution in [0.15, 0.2) is 24.3 Å². The summed E-state index contributed by atoms with van der Waals surface area (Å²) in [4.78, 5) is 14.3. The molecule has 2 rings (SSSR count). The minimum absolute atomic E-state index is 0.0638. The lowest BCUT2D eigenvalue weighted by molar-refractivity contribution is 0.0590. The fourth-order valence-corrected chi connectivity index (χ4v) is 3.16. The zero-order chi connectivity index (χ0) is 17.7. The highest BCUT2D eigenvalue weighted by Gasteiger charge is 2.26. The zero-order valence-corrected chi connectivity index (χ0v) is 14.7. The van der Waals surface area contributed by atoms with Crippen LogP contribution in [-0.2, 0) is 5.60 Å². The Balaban J connectivity index is 1.83. The highest BCUT2D eigenvalue weighted by atomic mass is 19.1. The van der Waals surface area contributed by atoms with Crippen molar-refractivity contribution >= 4 is 6.03 Å². The van der Waals surface area contributed by atoms with E-state index in [1.165, 1.54) is 24.3 Å². The molecule has 1 aliphatic rings. The van der Waals surface area contributed by atoms with Crippen LogP contribution in [0.1, 0.15) is 38.2 Å². The fraction of sp³-hybridized carbons (Fsp3) is 0.611. The van der Waals surface area contributed by atoms with Crippen LogP contribution in [0.4, 0.5) is 9.18 Å². The minimum atomic E-state index is -1.25. The van der Waals surface area contributed by atoms with E-state index in [2.05, 4.69) is 29.6 Å². The van der Waals surface area contributed by atoms with Crippen LogP contribution in [0.25, 0.3) is 0 Å². The van der Waals surface area contributed by atoms with Crippen molar-refractivity contribution in [1.29, 1.82) is 0 Å². The van der Waals surface area contributed by atoms with E-state index >= 15 is 0 Å². The van der Waals surface area contributed by atoms with Crippen LogP contribution in [0.2, 0.25) is 0 Å². The molecular formula is C18H28FN3O2. The third kappa shape index (κ3) is 5.18. The van der Waals surface area contributed by atoms with E-state index in [0.29, 0.717) is 11.6 Å². The molecular weight excluding hydrogens is 309 g/mol. The highest BCUT2D eigenvalue weighted by molar-refractivity contribution is 5.74. The van der Waals surface area contributed by atoms with Gasteiger partial charge in [0.2, 0.25) is 0 Å². The summed E-state index contributed by atoms with van der Waals surface area (Å²) in [6.45, 7) is 1.66. The van der Waals surface area contributed by atoms with Crippen molar-refractivity contribution in [1.82, 2.24) is 15.5 Å². The van der Waals surface area contributed by atoms with Gasteiger partial charge in [-0.15, -0.1) is 0 Å². The monoisotopic (exact) mass is 337 g/mol. The Hall–Kier alpha value is -1.66. The van der Waals surface area contributed by atoms with Crippen LogP contribution in [0, 0.1) is 5.82 Å². The first-order valence-corrected chi connectivity index (χ1v) is 8.47. The second-order valence-corrected chi connectivity index (χ2v) is 7.09.